The number of carbonyl (C=O) groups excluding carboxylic acids is 2. The van der Waals surface area contributed by atoms with Crippen molar-refractivity contribution in [2.75, 3.05) is 32.7 Å². The van der Waals surface area contributed by atoms with Gasteiger partial charge in [0.2, 0.25) is 5.91 Å². The van der Waals surface area contributed by atoms with E-state index in [0.29, 0.717) is 38.2 Å². The van der Waals surface area contributed by atoms with Crippen LogP contribution in [-0.4, -0.2) is 65.3 Å². The van der Waals surface area contributed by atoms with Gasteiger partial charge in [-0.05, 0) is 71.2 Å². The second kappa shape index (κ2) is 11.2. The molecule has 1 fully saturated rings. The number of piperazine rings is 1. The Bertz CT molecular complexity index is 1330. The van der Waals surface area contributed by atoms with Gasteiger partial charge in [0.05, 0.1) is 6.04 Å². The number of thiophene rings is 1. The second-order valence-electron chi connectivity index (χ2n) is 11.8. The van der Waals surface area contributed by atoms with Crippen molar-refractivity contribution in [3.63, 3.8) is 0 Å². The molecule has 0 N–H and O–H groups in total. The Labute approximate surface area is 235 Å². The van der Waals surface area contributed by atoms with E-state index in [4.69, 9.17) is 0 Å². The number of rotatable bonds is 5. The quantitative estimate of drug-likeness (QED) is 0.400. The highest BCUT2D eigenvalue weighted by atomic mass is 32.1. The van der Waals surface area contributed by atoms with E-state index in [1.165, 1.54) is 22.1 Å². The molecule has 3 aromatic rings. The van der Waals surface area contributed by atoms with Gasteiger partial charge in [-0.15, -0.1) is 11.3 Å². The molecule has 1 aromatic heterocycles. The van der Waals surface area contributed by atoms with E-state index in [1.807, 2.05) is 47.1 Å². The van der Waals surface area contributed by atoms with Gasteiger partial charge in [0.15, 0.2) is 0 Å². The minimum Gasteiger partial charge on any atom is -0.339 e. The molecule has 2 unspecified atom stereocenters. The number of carbonyl (C=O) groups is 2. The number of nitrogens with zero attached hydrogens (tertiary/aromatic N) is 3. The van der Waals surface area contributed by atoms with Crippen LogP contribution in [0.2, 0.25) is 0 Å². The first kappa shape index (κ1) is 27.5. The lowest BCUT2D eigenvalue weighted by Gasteiger charge is -2.41. The van der Waals surface area contributed by atoms with Crippen LogP contribution < -0.4 is 0 Å². The third-order valence-corrected chi connectivity index (χ3v) is 9.08. The van der Waals surface area contributed by atoms with Crippen LogP contribution in [0.4, 0.5) is 4.39 Å². The van der Waals surface area contributed by atoms with Crippen molar-refractivity contribution in [2.45, 2.75) is 58.0 Å². The molecular formula is C32H38FN3O2S. The molecule has 39 heavy (non-hydrogen) atoms. The first-order valence-electron chi connectivity index (χ1n) is 13.9. The van der Waals surface area contributed by atoms with Crippen LogP contribution in [0.1, 0.15) is 72.1 Å². The fourth-order valence-electron chi connectivity index (χ4n) is 5.84. The molecule has 0 spiro atoms. The molecule has 206 valence electrons. The summed E-state index contributed by atoms with van der Waals surface area (Å²) in [4.78, 5) is 34.0. The summed E-state index contributed by atoms with van der Waals surface area (Å²) in [7, 11) is 0. The van der Waals surface area contributed by atoms with E-state index in [1.54, 1.807) is 23.5 Å². The average molecular weight is 548 g/mol. The highest BCUT2D eigenvalue weighted by molar-refractivity contribution is 7.10. The van der Waals surface area contributed by atoms with Gasteiger partial charge in [0.1, 0.15) is 5.82 Å². The fraction of sp³-hybridized carbons (Fsp3) is 0.438. The molecule has 5 nitrogen and oxygen atoms in total. The maximum atomic E-state index is 14.1. The molecule has 0 radical (unpaired) electrons. The number of fused-ring (bicyclic) bond motifs is 1. The van der Waals surface area contributed by atoms with Gasteiger partial charge in [0, 0.05) is 55.6 Å². The van der Waals surface area contributed by atoms with E-state index < -0.39 is 0 Å². The molecule has 2 aliphatic heterocycles. The predicted molar refractivity (Wildman–Crippen MR) is 155 cm³/mol. The van der Waals surface area contributed by atoms with Crippen LogP contribution in [0, 0.1) is 5.82 Å². The lowest BCUT2D eigenvalue weighted by Crippen LogP contribution is -2.55. The number of hydrogen-bond donors (Lipinski definition) is 0. The molecule has 0 aliphatic carbocycles. The maximum absolute atomic E-state index is 14.1. The van der Waals surface area contributed by atoms with Gasteiger partial charge in [-0.3, -0.25) is 14.5 Å². The topological polar surface area (TPSA) is 43.9 Å². The lowest BCUT2D eigenvalue weighted by molar-refractivity contribution is -0.134. The molecule has 5 rings (SSSR count). The van der Waals surface area contributed by atoms with Crippen molar-refractivity contribution >= 4 is 23.2 Å². The Balaban J connectivity index is 1.20. The monoisotopic (exact) mass is 547 g/mol. The molecule has 0 saturated carbocycles. The predicted octanol–water partition coefficient (Wildman–Crippen LogP) is 5.90. The zero-order valence-corrected chi connectivity index (χ0v) is 24.1. The van der Waals surface area contributed by atoms with E-state index in [0.717, 1.165) is 18.5 Å². The van der Waals surface area contributed by atoms with Crippen molar-refractivity contribution in [1.29, 1.82) is 0 Å². The third kappa shape index (κ3) is 5.94. The first-order valence-corrected chi connectivity index (χ1v) is 14.7. The van der Waals surface area contributed by atoms with Crippen LogP contribution in [0.5, 0.6) is 0 Å². The van der Waals surface area contributed by atoms with Crippen LogP contribution >= 0.6 is 11.3 Å². The Morgan fingerprint density at radius 3 is 2.49 bits per heavy atom. The van der Waals surface area contributed by atoms with Gasteiger partial charge < -0.3 is 9.80 Å². The highest BCUT2D eigenvalue weighted by Gasteiger charge is 2.33. The van der Waals surface area contributed by atoms with Crippen LogP contribution in [-0.2, 0) is 16.6 Å². The summed E-state index contributed by atoms with van der Waals surface area (Å²) in [6.07, 6.45) is 1.35. The molecule has 0 bridgehead atoms. The van der Waals surface area contributed by atoms with E-state index in [9.17, 15) is 14.0 Å². The summed E-state index contributed by atoms with van der Waals surface area (Å²) in [6.45, 7) is 11.6. The molecule has 2 aromatic carbocycles. The van der Waals surface area contributed by atoms with Gasteiger partial charge >= 0.3 is 0 Å². The number of benzene rings is 2. The normalized spacial score (nSPS) is 20.1. The summed E-state index contributed by atoms with van der Waals surface area (Å²) < 4.78 is 14.1. The first-order chi connectivity index (χ1) is 18.6. The molecule has 1 saturated heterocycles. The zero-order valence-electron chi connectivity index (χ0n) is 23.3. The Morgan fingerprint density at radius 1 is 1.03 bits per heavy atom. The summed E-state index contributed by atoms with van der Waals surface area (Å²) in [5.74, 6) is -0.108. The lowest BCUT2D eigenvalue weighted by atomic mass is 9.86. The van der Waals surface area contributed by atoms with Crippen LogP contribution in [0.25, 0.3) is 0 Å². The van der Waals surface area contributed by atoms with E-state index in [2.05, 4.69) is 37.1 Å². The number of amides is 2. The molecule has 3 heterocycles. The number of halogens is 1. The summed E-state index contributed by atoms with van der Waals surface area (Å²) in [6, 6.07) is 16.8. The second-order valence-corrected chi connectivity index (χ2v) is 12.8. The summed E-state index contributed by atoms with van der Waals surface area (Å²) >= 11 is 1.75. The molecular weight excluding hydrogens is 509 g/mol. The van der Waals surface area contributed by atoms with Crippen LogP contribution in [0.15, 0.2) is 60.0 Å². The van der Waals surface area contributed by atoms with Crippen molar-refractivity contribution in [1.82, 2.24) is 14.7 Å². The smallest absolute Gasteiger partial charge is 0.254 e. The molecule has 2 amide bonds. The van der Waals surface area contributed by atoms with E-state index in [-0.39, 0.29) is 35.1 Å². The molecule has 7 heteroatoms. The van der Waals surface area contributed by atoms with Crippen molar-refractivity contribution in [3.05, 3.63) is 92.9 Å². The Hall–Kier alpha value is -3.03. The van der Waals surface area contributed by atoms with Gasteiger partial charge in [0.25, 0.3) is 5.91 Å². The fourth-order valence-corrected chi connectivity index (χ4v) is 6.74. The van der Waals surface area contributed by atoms with E-state index >= 15 is 0 Å². The maximum Gasteiger partial charge on any atom is 0.254 e. The number of hydrogen-bond acceptors (Lipinski definition) is 4. The third-order valence-electron chi connectivity index (χ3n) is 8.08. The SMILES string of the molecule is CC1CN(C(=O)CCN2CCc3sccc3C2c2cccc(F)c2)CCN1C(=O)c1ccc(C(C)(C)C)cc1. The highest BCUT2D eigenvalue weighted by Crippen LogP contribution is 2.38. The van der Waals surface area contributed by atoms with Gasteiger partial charge in [-0.1, -0.05) is 45.0 Å². The minimum absolute atomic E-state index is 0.0212. The van der Waals surface area contributed by atoms with Gasteiger partial charge in [-0.2, -0.15) is 0 Å². The molecule has 2 aliphatic rings. The Morgan fingerprint density at radius 2 is 1.79 bits per heavy atom. The van der Waals surface area contributed by atoms with Crippen molar-refractivity contribution in [3.8, 4) is 0 Å². The average Bonchev–Trinajstić information content (AvgIpc) is 3.39. The summed E-state index contributed by atoms with van der Waals surface area (Å²) in [5.41, 5.74) is 4.08. The van der Waals surface area contributed by atoms with Crippen LogP contribution in [0.3, 0.4) is 0 Å². The zero-order chi connectivity index (χ0) is 27.7. The minimum atomic E-state index is -0.238. The summed E-state index contributed by atoms with van der Waals surface area (Å²) in [5, 5.41) is 2.10. The molecule has 2 atom stereocenters. The van der Waals surface area contributed by atoms with Gasteiger partial charge in [-0.25, -0.2) is 4.39 Å². The van der Waals surface area contributed by atoms with Crippen molar-refractivity contribution < 1.29 is 14.0 Å². The largest absolute Gasteiger partial charge is 0.339 e. The standard InChI is InChI=1S/C32H38FN3O2S/c1-22-21-35(17-18-36(22)31(38)23-8-10-25(11-9-23)32(2,3)4)29(37)13-16-34-15-12-28-27(14-19-39-28)30(34)24-6-5-7-26(33)20-24/h5-11,14,19-20,22,30H,12-13,15-18,21H2,1-4H3. The van der Waals surface area contributed by atoms with Crippen molar-refractivity contribution in [2.24, 2.45) is 0 Å². The Kier molecular flexibility index (Phi) is 7.92.